The summed E-state index contributed by atoms with van der Waals surface area (Å²) in [4.78, 5) is 0. The molecule has 0 bridgehead atoms. The van der Waals surface area contributed by atoms with E-state index in [0.29, 0.717) is 6.42 Å². The van der Waals surface area contributed by atoms with Crippen LogP contribution in [0.25, 0.3) is 0 Å². The summed E-state index contributed by atoms with van der Waals surface area (Å²) in [6, 6.07) is 7.68. The second-order valence-electron chi connectivity index (χ2n) is 4.72. The van der Waals surface area contributed by atoms with Crippen molar-refractivity contribution < 1.29 is 13.5 Å². The Morgan fingerprint density at radius 3 is 2.65 bits per heavy atom. The van der Waals surface area contributed by atoms with Crippen LogP contribution in [-0.4, -0.2) is 37.2 Å². The molecule has 2 N–H and O–H groups in total. The summed E-state index contributed by atoms with van der Waals surface area (Å²) in [5.74, 6) is 0.150. The second-order valence-corrected chi connectivity index (χ2v) is 6.90. The van der Waals surface area contributed by atoms with E-state index < -0.39 is 15.4 Å². The highest BCUT2D eigenvalue weighted by atomic mass is 32.2. The molecule has 0 aromatic heterocycles. The molecule has 4 nitrogen and oxygen atoms in total. The quantitative estimate of drug-likeness (QED) is 0.844. The lowest BCUT2D eigenvalue weighted by Crippen LogP contribution is -2.43. The van der Waals surface area contributed by atoms with Crippen LogP contribution in [0.2, 0.25) is 0 Å². The van der Waals surface area contributed by atoms with Gasteiger partial charge in [-0.2, -0.15) is 0 Å². The van der Waals surface area contributed by atoms with E-state index in [1.807, 2.05) is 31.2 Å². The van der Waals surface area contributed by atoms with Gasteiger partial charge in [0.25, 0.3) is 0 Å². The zero-order chi connectivity index (χ0) is 12.5. The van der Waals surface area contributed by atoms with Crippen LogP contribution in [0, 0.1) is 6.92 Å². The summed E-state index contributed by atoms with van der Waals surface area (Å²) in [5.41, 5.74) is 1.22. The number of rotatable bonds is 3. The van der Waals surface area contributed by atoms with Gasteiger partial charge in [0.15, 0.2) is 9.84 Å². The molecule has 1 unspecified atom stereocenters. The van der Waals surface area contributed by atoms with Gasteiger partial charge < -0.3 is 10.4 Å². The van der Waals surface area contributed by atoms with Crippen molar-refractivity contribution in [2.24, 2.45) is 0 Å². The van der Waals surface area contributed by atoms with Crippen LogP contribution in [-0.2, 0) is 9.84 Å². The molecule has 1 fully saturated rings. The largest absolute Gasteiger partial charge is 0.394 e. The first-order valence-corrected chi connectivity index (χ1v) is 7.44. The molecular weight excluding hydrogens is 238 g/mol. The smallest absolute Gasteiger partial charge is 0.152 e. The van der Waals surface area contributed by atoms with Crippen LogP contribution in [0.3, 0.4) is 0 Å². The number of benzene rings is 1. The second kappa shape index (κ2) is 4.31. The minimum Gasteiger partial charge on any atom is -0.394 e. The fourth-order valence-corrected chi connectivity index (χ4v) is 4.17. The lowest BCUT2D eigenvalue weighted by atomic mass is 9.99. The Morgan fingerprint density at radius 2 is 2.12 bits per heavy atom. The topological polar surface area (TPSA) is 66.4 Å². The summed E-state index contributed by atoms with van der Waals surface area (Å²) in [5, 5.41) is 12.7. The molecule has 17 heavy (non-hydrogen) atoms. The lowest BCUT2D eigenvalue weighted by molar-refractivity contribution is 0.226. The van der Waals surface area contributed by atoms with Crippen molar-refractivity contribution in [2.45, 2.75) is 18.9 Å². The number of anilines is 1. The molecule has 1 aromatic rings. The molecule has 1 atom stereocenters. The predicted octanol–water partition coefficient (Wildman–Crippen LogP) is 0.957. The van der Waals surface area contributed by atoms with E-state index in [1.165, 1.54) is 0 Å². The monoisotopic (exact) mass is 255 g/mol. The third-order valence-electron chi connectivity index (χ3n) is 3.24. The van der Waals surface area contributed by atoms with Gasteiger partial charge in [-0.3, -0.25) is 0 Å². The first-order valence-electron chi connectivity index (χ1n) is 5.61. The fraction of sp³-hybridized carbons (Fsp3) is 0.500. The third-order valence-corrected chi connectivity index (χ3v) is 5.05. The number of aliphatic hydroxyl groups is 1. The molecule has 2 rings (SSSR count). The average Bonchev–Trinajstić information content (AvgIpc) is 2.59. The molecule has 1 aromatic carbocycles. The highest BCUT2D eigenvalue weighted by Crippen LogP contribution is 2.28. The Balaban J connectivity index is 2.25. The van der Waals surface area contributed by atoms with Gasteiger partial charge in [-0.25, -0.2) is 8.42 Å². The highest BCUT2D eigenvalue weighted by Gasteiger charge is 2.41. The SMILES string of the molecule is Cc1ccccc1NC1(CO)CCS(=O)(=O)C1. The van der Waals surface area contributed by atoms with Crippen molar-refractivity contribution in [2.75, 3.05) is 23.4 Å². The summed E-state index contributed by atoms with van der Waals surface area (Å²) in [6.45, 7) is 1.79. The van der Waals surface area contributed by atoms with Crippen LogP contribution in [0.15, 0.2) is 24.3 Å². The molecule has 5 heteroatoms. The van der Waals surface area contributed by atoms with Crippen LogP contribution in [0.1, 0.15) is 12.0 Å². The van der Waals surface area contributed by atoms with E-state index in [0.717, 1.165) is 11.3 Å². The summed E-state index contributed by atoms with van der Waals surface area (Å²) in [6.07, 6.45) is 0.458. The van der Waals surface area contributed by atoms with Gasteiger partial charge in [-0.1, -0.05) is 18.2 Å². The van der Waals surface area contributed by atoms with E-state index in [9.17, 15) is 13.5 Å². The maximum Gasteiger partial charge on any atom is 0.152 e. The number of aliphatic hydroxyl groups excluding tert-OH is 1. The summed E-state index contributed by atoms with van der Waals surface area (Å²) in [7, 11) is -3.02. The van der Waals surface area contributed by atoms with Crippen molar-refractivity contribution in [1.29, 1.82) is 0 Å². The van der Waals surface area contributed by atoms with E-state index >= 15 is 0 Å². The first-order chi connectivity index (χ1) is 7.96. The Morgan fingerprint density at radius 1 is 1.41 bits per heavy atom. The number of sulfone groups is 1. The normalized spacial score (nSPS) is 26.9. The van der Waals surface area contributed by atoms with E-state index in [4.69, 9.17) is 0 Å². The van der Waals surface area contributed by atoms with Crippen molar-refractivity contribution in [1.82, 2.24) is 0 Å². The van der Waals surface area contributed by atoms with Crippen molar-refractivity contribution >= 4 is 15.5 Å². The molecule has 0 spiro atoms. The van der Waals surface area contributed by atoms with Crippen LogP contribution >= 0.6 is 0 Å². The number of hydrogen-bond donors (Lipinski definition) is 2. The Labute approximate surface area is 102 Å². The Hall–Kier alpha value is -1.07. The van der Waals surface area contributed by atoms with Gasteiger partial charge >= 0.3 is 0 Å². The minimum atomic E-state index is -3.02. The summed E-state index contributed by atoms with van der Waals surface area (Å²) >= 11 is 0. The number of nitrogens with one attached hydrogen (secondary N) is 1. The zero-order valence-corrected chi connectivity index (χ0v) is 10.6. The molecule has 0 aliphatic carbocycles. The van der Waals surface area contributed by atoms with Gasteiger partial charge in [-0.15, -0.1) is 0 Å². The number of aryl methyl sites for hydroxylation is 1. The van der Waals surface area contributed by atoms with Crippen LogP contribution < -0.4 is 5.32 Å². The van der Waals surface area contributed by atoms with Crippen LogP contribution in [0.5, 0.6) is 0 Å². The third kappa shape index (κ3) is 2.61. The van der Waals surface area contributed by atoms with E-state index in [2.05, 4.69) is 5.32 Å². The minimum absolute atomic E-state index is 0.00480. The molecule has 94 valence electrons. The molecule has 1 aliphatic heterocycles. The average molecular weight is 255 g/mol. The van der Waals surface area contributed by atoms with Gasteiger partial charge in [0.1, 0.15) is 0 Å². The molecule has 0 amide bonds. The van der Waals surface area contributed by atoms with Crippen molar-refractivity contribution in [3.05, 3.63) is 29.8 Å². The Kier molecular flexibility index (Phi) is 3.14. The molecule has 1 aliphatic rings. The van der Waals surface area contributed by atoms with E-state index in [-0.39, 0.29) is 18.1 Å². The maximum atomic E-state index is 11.5. The molecular formula is C12H17NO3S. The molecule has 0 saturated carbocycles. The standard InChI is InChI=1S/C12H17NO3S/c1-10-4-2-3-5-11(10)13-12(8-14)6-7-17(15,16)9-12/h2-5,13-14H,6-9H2,1H3. The fourth-order valence-electron chi connectivity index (χ4n) is 2.18. The van der Waals surface area contributed by atoms with Crippen molar-refractivity contribution in [3.8, 4) is 0 Å². The number of para-hydroxylation sites is 1. The zero-order valence-electron chi connectivity index (χ0n) is 9.81. The van der Waals surface area contributed by atoms with Crippen LogP contribution in [0.4, 0.5) is 5.69 Å². The predicted molar refractivity (Wildman–Crippen MR) is 67.9 cm³/mol. The Bertz CT molecular complexity index is 512. The highest BCUT2D eigenvalue weighted by molar-refractivity contribution is 7.91. The van der Waals surface area contributed by atoms with Gasteiger partial charge in [-0.05, 0) is 25.0 Å². The maximum absolute atomic E-state index is 11.5. The lowest BCUT2D eigenvalue weighted by Gasteiger charge is -2.28. The van der Waals surface area contributed by atoms with Crippen molar-refractivity contribution in [3.63, 3.8) is 0 Å². The van der Waals surface area contributed by atoms with E-state index in [1.54, 1.807) is 0 Å². The first kappa shape index (κ1) is 12.4. The molecule has 0 radical (unpaired) electrons. The number of hydrogen-bond acceptors (Lipinski definition) is 4. The van der Waals surface area contributed by atoms with Gasteiger partial charge in [0.05, 0.1) is 23.7 Å². The van der Waals surface area contributed by atoms with Gasteiger partial charge in [0, 0.05) is 5.69 Å². The van der Waals surface area contributed by atoms with Gasteiger partial charge in [0.2, 0.25) is 0 Å². The summed E-state index contributed by atoms with van der Waals surface area (Å²) < 4.78 is 23.1. The molecule has 1 heterocycles. The molecule has 1 saturated heterocycles.